The van der Waals surface area contributed by atoms with Crippen LogP contribution in [0.3, 0.4) is 0 Å². The Kier molecular flexibility index (Phi) is 6.49. The first-order chi connectivity index (χ1) is 13.2. The summed E-state index contributed by atoms with van der Waals surface area (Å²) in [4.78, 5) is 28.2. The molecule has 0 bridgehead atoms. The van der Waals surface area contributed by atoms with E-state index in [1.807, 2.05) is 30.3 Å². The second-order valence-electron chi connectivity index (χ2n) is 6.46. The molecule has 1 aromatic heterocycles. The molecule has 0 spiro atoms. The molecule has 0 radical (unpaired) electrons. The molecule has 2 amide bonds. The topological polar surface area (TPSA) is 77.8 Å². The first-order valence-electron chi connectivity index (χ1n) is 9.32. The minimum atomic E-state index is -0.615. The molecule has 1 fully saturated rings. The number of hydrogen-bond acceptors (Lipinski definition) is 5. The number of anilines is 1. The maximum atomic E-state index is 11.9. The predicted molar refractivity (Wildman–Crippen MR) is 103 cm³/mol. The Labute approximate surface area is 159 Å². The van der Waals surface area contributed by atoms with Gasteiger partial charge in [-0.05, 0) is 31.2 Å². The fourth-order valence-corrected chi connectivity index (χ4v) is 3.33. The number of para-hydroxylation sites is 1. The average molecular weight is 370 g/mol. The number of amides is 2. The van der Waals surface area contributed by atoms with Crippen molar-refractivity contribution in [2.75, 3.05) is 44.2 Å². The summed E-state index contributed by atoms with van der Waals surface area (Å²) >= 11 is 0. The molecular weight excluding hydrogens is 344 g/mol. The van der Waals surface area contributed by atoms with Gasteiger partial charge in [-0.3, -0.25) is 14.5 Å². The largest absolute Gasteiger partial charge is 0.468 e. The number of nitrogens with zero attached hydrogens (tertiary/aromatic N) is 2. The summed E-state index contributed by atoms with van der Waals surface area (Å²) in [7, 11) is 0. The summed E-state index contributed by atoms with van der Waals surface area (Å²) in [5.74, 6) is -0.430. The standard InChI is InChI=1S/C20H26N4O3/c1-2-21-19(25)20(26)22-15-17(18-9-6-14-27-18)24-12-10-23(11-13-24)16-7-4-3-5-8-16/h3-9,14,17H,2,10-13,15H2,1H3,(H,21,25)(H,22,26). The van der Waals surface area contributed by atoms with Gasteiger partial charge in [0.05, 0.1) is 12.3 Å². The first kappa shape index (κ1) is 19.0. The van der Waals surface area contributed by atoms with Gasteiger partial charge in [0.25, 0.3) is 0 Å². The van der Waals surface area contributed by atoms with E-state index in [2.05, 4.69) is 32.6 Å². The van der Waals surface area contributed by atoms with E-state index in [9.17, 15) is 9.59 Å². The van der Waals surface area contributed by atoms with Crippen LogP contribution >= 0.6 is 0 Å². The zero-order valence-corrected chi connectivity index (χ0v) is 15.6. The van der Waals surface area contributed by atoms with Gasteiger partial charge in [-0.2, -0.15) is 0 Å². The summed E-state index contributed by atoms with van der Waals surface area (Å²) in [6.45, 7) is 6.01. The van der Waals surface area contributed by atoms with Crippen LogP contribution < -0.4 is 15.5 Å². The lowest BCUT2D eigenvalue weighted by Crippen LogP contribution is -2.50. The number of carbonyl (C=O) groups excluding carboxylic acids is 2. The maximum absolute atomic E-state index is 11.9. The summed E-state index contributed by atoms with van der Waals surface area (Å²) < 4.78 is 5.59. The van der Waals surface area contributed by atoms with Crippen molar-refractivity contribution >= 4 is 17.5 Å². The van der Waals surface area contributed by atoms with Crippen molar-refractivity contribution in [1.82, 2.24) is 15.5 Å². The third kappa shape index (κ3) is 4.89. The highest BCUT2D eigenvalue weighted by atomic mass is 16.3. The van der Waals surface area contributed by atoms with Gasteiger partial charge < -0.3 is 20.0 Å². The third-order valence-corrected chi connectivity index (χ3v) is 4.75. The van der Waals surface area contributed by atoms with E-state index >= 15 is 0 Å². The van der Waals surface area contributed by atoms with Crippen molar-refractivity contribution in [3.63, 3.8) is 0 Å². The Morgan fingerprint density at radius 2 is 1.70 bits per heavy atom. The highest BCUT2D eigenvalue weighted by Crippen LogP contribution is 2.24. The molecule has 1 aromatic carbocycles. The Bertz CT molecular complexity index is 725. The maximum Gasteiger partial charge on any atom is 0.309 e. The van der Waals surface area contributed by atoms with Crippen LogP contribution in [0, 0.1) is 0 Å². The molecule has 7 heteroatoms. The number of carbonyl (C=O) groups is 2. The van der Waals surface area contributed by atoms with Crippen molar-refractivity contribution in [3.8, 4) is 0 Å². The number of piperazine rings is 1. The zero-order chi connectivity index (χ0) is 19.1. The lowest BCUT2D eigenvalue weighted by molar-refractivity contribution is -0.139. The molecule has 0 saturated carbocycles. The van der Waals surface area contributed by atoms with Crippen molar-refractivity contribution in [2.24, 2.45) is 0 Å². The van der Waals surface area contributed by atoms with Crippen LogP contribution in [-0.2, 0) is 9.59 Å². The van der Waals surface area contributed by atoms with Crippen molar-refractivity contribution in [3.05, 3.63) is 54.5 Å². The fraction of sp³-hybridized carbons (Fsp3) is 0.400. The van der Waals surface area contributed by atoms with Gasteiger partial charge in [0.15, 0.2) is 0 Å². The van der Waals surface area contributed by atoms with Gasteiger partial charge in [0.1, 0.15) is 5.76 Å². The van der Waals surface area contributed by atoms with E-state index in [1.54, 1.807) is 13.2 Å². The van der Waals surface area contributed by atoms with Crippen LogP contribution in [0.15, 0.2) is 53.1 Å². The molecule has 7 nitrogen and oxygen atoms in total. The molecule has 0 aliphatic carbocycles. The highest BCUT2D eigenvalue weighted by Gasteiger charge is 2.28. The fourth-order valence-electron chi connectivity index (χ4n) is 3.33. The SMILES string of the molecule is CCNC(=O)C(=O)NCC(c1ccco1)N1CCN(c2ccccc2)CC1. The smallest absolute Gasteiger partial charge is 0.309 e. The van der Waals surface area contributed by atoms with E-state index in [4.69, 9.17) is 4.42 Å². The number of hydrogen-bond donors (Lipinski definition) is 2. The van der Waals surface area contributed by atoms with Crippen LogP contribution in [0.25, 0.3) is 0 Å². The Hall–Kier alpha value is -2.80. The monoisotopic (exact) mass is 370 g/mol. The minimum absolute atomic E-state index is 0.101. The Balaban J connectivity index is 1.61. The molecule has 1 saturated heterocycles. The van der Waals surface area contributed by atoms with Crippen LogP contribution in [0.5, 0.6) is 0 Å². The summed E-state index contributed by atoms with van der Waals surface area (Å²) in [6, 6.07) is 14.0. The molecule has 1 aliphatic heterocycles. The van der Waals surface area contributed by atoms with Gasteiger partial charge in [0, 0.05) is 45.0 Å². The van der Waals surface area contributed by atoms with Crippen LogP contribution in [0.4, 0.5) is 5.69 Å². The number of nitrogens with one attached hydrogen (secondary N) is 2. The Morgan fingerprint density at radius 1 is 1.00 bits per heavy atom. The van der Waals surface area contributed by atoms with Gasteiger partial charge in [-0.25, -0.2) is 0 Å². The molecule has 1 atom stereocenters. The van der Waals surface area contributed by atoms with E-state index in [0.717, 1.165) is 31.9 Å². The zero-order valence-electron chi connectivity index (χ0n) is 15.6. The van der Waals surface area contributed by atoms with Gasteiger partial charge in [0.2, 0.25) is 0 Å². The second kappa shape index (κ2) is 9.23. The molecule has 144 valence electrons. The van der Waals surface area contributed by atoms with Crippen molar-refractivity contribution < 1.29 is 14.0 Å². The molecule has 2 heterocycles. The highest BCUT2D eigenvalue weighted by molar-refractivity contribution is 6.35. The lowest BCUT2D eigenvalue weighted by Gasteiger charge is -2.39. The first-order valence-corrected chi connectivity index (χ1v) is 9.32. The quantitative estimate of drug-likeness (QED) is 0.752. The summed E-state index contributed by atoms with van der Waals surface area (Å²) in [5, 5.41) is 5.24. The molecule has 1 aliphatic rings. The molecular formula is C20H26N4O3. The van der Waals surface area contributed by atoms with Gasteiger partial charge >= 0.3 is 11.8 Å². The molecule has 2 N–H and O–H groups in total. The minimum Gasteiger partial charge on any atom is -0.468 e. The van der Waals surface area contributed by atoms with Crippen LogP contribution in [-0.4, -0.2) is 56.0 Å². The number of furan rings is 1. The lowest BCUT2D eigenvalue weighted by atomic mass is 10.1. The van der Waals surface area contributed by atoms with E-state index in [0.29, 0.717) is 13.1 Å². The number of benzene rings is 1. The predicted octanol–water partition coefficient (Wildman–Crippen LogP) is 1.40. The second-order valence-corrected chi connectivity index (χ2v) is 6.46. The summed E-state index contributed by atoms with van der Waals surface area (Å²) in [5.41, 5.74) is 1.22. The average Bonchev–Trinajstić information content (AvgIpc) is 3.24. The van der Waals surface area contributed by atoms with E-state index in [1.165, 1.54) is 5.69 Å². The van der Waals surface area contributed by atoms with E-state index in [-0.39, 0.29) is 6.04 Å². The molecule has 27 heavy (non-hydrogen) atoms. The number of rotatable bonds is 6. The van der Waals surface area contributed by atoms with Gasteiger partial charge in [-0.15, -0.1) is 0 Å². The molecule has 1 unspecified atom stereocenters. The normalized spacial score (nSPS) is 16.0. The number of likely N-dealkylation sites (N-methyl/N-ethyl adjacent to an activating group) is 1. The van der Waals surface area contributed by atoms with Crippen molar-refractivity contribution in [2.45, 2.75) is 13.0 Å². The summed E-state index contributed by atoms with van der Waals surface area (Å²) in [6.07, 6.45) is 1.63. The van der Waals surface area contributed by atoms with Crippen LogP contribution in [0.1, 0.15) is 18.7 Å². The molecule has 3 rings (SSSR count). The van der Waals surface area contributed by atoms with Crippen molar-refractivity contribution in [1.29, 1.82) is 0 Å². The third-order valence-electron chi connectivity index (χ3n) is 4.75. The Morgan fingerprint density at radius 3 is 2.33 bits per heavy atom. The van der Waals surface area contributed by atoms with Gasteiger partial charge in [-0.1, -0.05) is 18.2 Å². The van der Waals surface area contributed by atoms with E-state index < -0.39 is 11.8 Å². The van der Waals surface area contributed by atoms with Crippen LogP contribution in [0.2, 0.25) is 0 Å². The molecule has 2 aromatic rings.